The Balaban J connectivity index is 1.57. The molecule has 3 rings (SSSR count). The Bertz CT molecular complexity index is 996. The second-order valence-corrected chi connectivity index (χ2v) is 6.49. The number of thiocarbonyl (C=S) groups is 1. The van der Waals surface area contributed by atoms with Crippen LogP contribution in [0.15, 0.2) is 65.1 Å². The molecule has 0 fully saturated rings. The lowest BCUT2D eigenvalue weighted by atomic mass is 10.2. The van der Waals surface area contributed by atoms with E-state index in [1.165, 1.54) is 6.08 Å². The molecule has 3 aromatic rings. The molecular formula is C20H16ClN3O2S. The summed E-state index contributed by atoms with van der Waals surface area (Å²) < 4.78 is 5.71. The number of nitrogens with one attached hydrogen (secondary N) is 2. The highest BCUT2D eigenvalue weighted by molar-refractivity contribution is 7.80. The fraction of sp³-hybridized carbons (Fsp3) is 0.0500. The topological polar surface area (TPSA) is 67.2 Å². The largest absolute Gasteiger partial charge is 0.457 e. The number of nitrogens with zero attached hydrogens (tertiary/aromatic N) is 1. The van der Waals surface area contributed by atoms with Crippen LogP contribution in [0.4, 0.5) is 5.82 Å². The third kappa shape index (κ3) is 5.51. The summed E-state index contributed by atoms with van der Waals surface area (Å²) in [5.74, 6) is 1.44. The summed E-state index contributed by atoms with van der Waals surface area (Å²) >= 11 is 11.0. The Morgan fingerprint density at radius 1 is 1.15 bits per heavy atom. The summed E-state index contributed by atoms with van der Waals surface area (Å²) in [5.41, 5.74) is 1.75. The van der Waals surface area contributed by atoms with Gasteiger partial charge in [-0.2, -0.15) is 0 Å². The average molecular weight is 398 g/mol. The van der Waals surface area contributed by atoms with Gasteiger partial charge in [0.1, 0.15) is 17.3 Å². The summed E-state index contributed by atoms with van der Waals surface area (Å²) in [6.07, 6.45) is 2.92. The summed E-state index contributed by atoms with van der Waals surface area (Å²) in [5, 5.41) is 6.25. The van der Waals surface area contributed by atoms with Gasteiger partial charge >= 0.3 is 0 Å². The fourth-order valence-electron chi connectivity index (χ4n) is 2.28. The van der Waals surface area contributed by atoms with E-state index in [1.807, 2.05) is 37.3 Å². The Morgan fingerprint density at radius 3 is 2.67 bits per heavy atom. The quantitative estimate of drug-likeness (QED) is 0.487. The fourth-order valence-corrected chi connectivity index (χ4v) is 2.61. The lowest BCUT2D eigenvalue weighted by Crippen LogP contribution is -2.33. The molecule has 0 atom stereocenters. The van der Waals surface area contributed by atoms with E-state index < -0.39 is 0 Å². The number of carbonyl (C=O) groups excluding carboxylic acids is 1. The molecule has 0 aliphatic rings. The van der Waals surface area contributed by atoms with Crippen LogP contribution in [0, 0.1) is 6.92 Å². The first-order chi connectivity index (χ1) is 13.0. The van der Waals surface area contributed by atoms with Crippen molar-refractivity contribution in [3.8, 4) is 11.3 Å². The average Bonchev–Trinajstić information content (AvgIpc) is 3.09. The molecule has 0 spiro atoms. The molecule has 1 aromatic carbocycles. The van der Waals surface area contributed by atoms with E-state index >= 15 is 0 Å². The number of hydrogen-bond acceptors (Lipinski definition) is 4. The van der Waals surface area contributed by atoms with Gasteiger partial charge in [-0.05, 0) is 73.7 Å². The van der Waals surface area contributed by atoms with Gasteiger partial charge in [-0.25, -0.2) is 4.98 Å². The zero-order chi connectivity index (χ0) is 19.2. The molecule has 0 aliphatic heterocycles. The van der Waals surface area contributed by atoms with Gasteiger partial charge in [-0.3, -0.25) is 10.1 Å². The van der Waals surface area contributed by atoms with Crippen LogP contribution in [0.25, 0.3) is 17.4 Å². The number of carbonyl (C=O) groups is 1. The van der Waals surface area contributed by atoms with E-state index in [0.29, 0.717) is 22.4 Å². The highest BCUT2D eigenvalue weighted by Gasteiger charge is 2.05. The van der Waals surface area contributed by atoms with Crippen molar-refractivity contribution in [1.29, 1.82) is 0 Å². The normalized spacial score (nSPS) is 10.7. The summed E-state index contributed by atoms with van der Waals surface area (Å²) in [6.45, 7) is 1.87. The number of amides is 1. The second kappa shape index (κ2) is 8.62. The van der Waals surface area contributed by atoms with Crippen molar-refractivity contribution < 1.29 is 9.21 Å². The zero-order valence-corrected chi connectivity index (χ0v) is 16.0. The third-order valence-corrected chi connectivity index (χ3v) is 3.98. The summed E-state index contributed by atoms with van der Waals surface area (Å²) in [6, 6.07) is 16.4. The number of hydrogen-bond donors (Lipinski definition) is 2. The van der Waals surface area contributed by atoms with Crippen molar-refractivity contribution in [1.82, 2.24) is 10.3 Å². The minimum Gasteiger partial charge on any atom is -0.457 e. The lowest BCUT2D eigenvalue weighted by Gasteiger charge is -2.07. The van der Waals surface area contributed by atoms with Crippen LogP contribution in [0.2, 0.25) is 5.02 Å². The molecule has 0 unspecified atom stereocenters. The number of benzene rings is 1. The molecule has 0 radical (unpaired) electrons. The minimum atomic E-state index is -0.371. The van der Waals surface area contributed by atoms with Gasteiger partial charge < -0.3 is 9.73 Å². The third-order valence-electron chi connectivity index (χ3n) is 3.52. The molecular weight excluding hydrogens is 382 g/mol. The van der Waals surface area contributed by atoms with Gasteiger partial charge in [-0.15, -0.1) is 0 Å². The Kier molecular flexibility index (Phi) is 6.01. The van der Waals surface area contributed by atoms with Crippen molar-refractivity contribution >= 4 is 46.7 Å². The Labute approximate surface area is 167 Å². The number of anilines is 1. The highest BCUT2D eigenvalue weighted by atomic mass is 35.5. The van der Waals surface area contributed by atoms with E-state index in [4.69, 9.17) is 28.2 Å². The lowest BCUT2D eigenvalue weighted by molar-refractivity contribution is -0.115. The van der Waals surface area contributed by atoms with E-state index in [2.05, 4.69) is 15.6 Å². The zero-order valence-electron chi connectivity index (χ0n) is 14.4. The Morgan fingerprint density at radius 2 is 1.93 bits per heavy atom. The molecule has 0 bridgehead atoms. The number of furan rings is 1. The molecule has 5 nitrogen and oxygen atoms in total. The van der Waals surface area contributed by atoms with E-state index in [0.717, 1.165) is 11.3 Å². The predicted octanol–water partition coefficient (Wildman–Crippen LogP) is 4.83. The molecule has 2 aromatic heterocycles. The molecule has 27 heavy (non-hydrogen) atoms. The standard InChI is InChI=1S/C20H16ClN3O2S/c1-13-3-2-4-18(22-13)23-20(27)24-19(25)12-10-16-9-11-17(26-16)14-5-7-15(21)8-6-14/h2-12H,1H3,(H2,22,23,24,25,27)/b12-10+. The maximum absolute atomic E-state index is 12.0. The minimum absolute atomic E-state index is 0.170. The molecule has 0 saturated heterocycles. The van der Waals surface area contributed by atoms with Gasteiger partial charge in [0.15, 0.2) is 5.11 Å². The van der Waals surface area contributed by atoms with Crippen molar-refractivity contribution in [2.75, 3.05) is 5.32 Å². The maximum atomic E-state index is 12.0. The van der Waals surface area contributed by atoms with Crippen LogP contribution in [0.1, 0.15) is 11.5 Å². The van der Waals surface area contributed by atoms with Crippen molar-refractivity contribution in [3.63, 3.8) is 0 Å². The molecule has 2 N–H and O–H groups in total. The molecule has 2 heterocycles. The number of rotatable bonds is 4. The molecule has 136 valence electrons. The van der Waals surface area contributed by atoms with Crippen LogP contribution < -0.4 is 10.6 Å². The van der Waals surface area contributed by atoms with Crippen LogP contribution >= 0.6 is 23.8 Å². The van der Waals surface area contributed by atoms with Gasteiger partial charge in [0.2, 0.25) is 5.91 Å². The smallest absolute Gasteiger partial charge is 0.250 e. The van der Waals surface area contributed by atoms with E-state index in [-0.39, 0.29) is 11.0 Å². The van der Waals surface area contributed by atoms with Gasteiger partial charge in [0, 0.05) is 22.4 Å². The first-order valence-electron chi connectivity index (χ1n) is 8.09. The maximum Gasteiger partial charge on any atom is 0.250 e. The predicted molar refractivity (Wildman–Crippen MR) is 112 cm³/mol. The van der Waals surface area contributed by atoms with Gasteiger partial charge in [0.05, 0.1) is 0 Å². The second-order valence-electron chi connectivity index (χ2n) is 5.65. The monoisotopic (exact) mass is 397 g/mol. The van der Waals surface area contributed by atoms with Crippen LogP contribution in [-0.2, 0) is 4.79 Å². The summed E-state index contributed by atoms with van der Waals surface area (Å²) in [4.78, 5) is 16.3. The number of halogens is 1. The van der Waals surface area contributed by atoms with Gasteiger partial charge in [0.25, 0.3) is 0 Å². The number of pyridine rings is 1. The molecule has 0 aliphatic carbocycles. The van der Waals surface area contributed by atoms with Crippen LogP contribution in [0.5, 0.6) is 0 Å². The van der Waals surface area contributed by atoms with E-state index in [1.54, 1.807) is 30.3 Å². The summed E-state index contributed by atoms with van der Waals surface area (Å²) in [7, 11) is 0. The number of aromatic nitrogens is 1. The molecule has 0 saturated carbocycles. The SMILES string of the molecule is Cc1cccc(NC(=S)NC(=O)/C=C/c2ccc(-c3ccc(Cl)cc3)o2)n1. The van der Waals surface area contributed by atoms with Crippen LogP contribution in [0.3, 0.4) is 0 Å². The van der Waals surface area contributed by atoms with Crippen molar-refractivity contribution in [2.24, 2.45) is 0 Å². The van der Waals surface area contributed by atoms with Crippen molar-refractivity contribution in [3.05, 3.63) is 77.2 Å². The first-order valence-corrected chi connectivity index (χ1v) is 8.88. The van der Waals surface area contributed by atoms with Crippen LogP contribution in [-0.4, -0.2) is 16.0 Å². The highest BCUT2D eigenvalue weighted by Crippen LogP contribution is 2.24. The molecule has 1 amide bonds. The first kappa shape index (κ1) is 18.8. The van der Waals surface area contributed by atoms with Crippen molar-refractivity contribution in [2.45, 2.75) is 6.92 Å². The van der Waals surface area contributed by atoms with Gasteiger partial charge in [-0.1, -0.05) is 17.7 Å². The van der Waals surface area contributed by atoms with E-state index in [9.17, 15) is 4.79 Å². The molecule has 7 heteroatoms. The number of aryl methyl sites for hydroxylation is 1. The Hall–Kier alpha value is -2.96.